The Morgan fingerprint density at radius 3 is 2.67 bits per heavy atom. The maximum atomic E-state index is 8.94. The highest BCUT2D eigenvalue weighted by molar-refractivity contribution is 5.66. The number of aryl methyl sites for hydroxylation is 1. The summed E-state index contributed by atoms with van der Waals surface area (Å²) in [6.45, 7) is 3.93. The molecule has 2 aromatic heterocycles. The molecule has 7 nitrogen and oxygen atoms in total. The summed E-state index contributed by atoms with van der Waals surface area (Å²) < 4.78 is 2.06. The topological polar surface area (TPSA) is 107 Å². The van der Waals surface area contributed by atoms with Crippen molar-refractivity contribution in [2.45, 2.75) is 13.8 Å². The lowest BCUT2D eigenvalue weighted by Gasteiger charge is -2.10. The number of rotatable bonds is 3. The molecule has 3 aromatic rings. The van der Waals surface area contributed by atoms with Crippen LogP contribution in [0.25, 0.3) is 23.2 Å². The maximum absolute atomic E-state index is 8.94. The van der Waals surface area contributed by atoms with Gasteiger partial charge in [-0.1, -0.05) is 12.1 Å². The molecule has 0 spiro atoms. The molecular formula is C17H13N7. The van der Waals surface area contributed by atoms with Crippen molar-refractivity contribution in [3.05, 3.63) is 52.9 Å². The van der Waals surface area contributed by atoms with E-state index in [2.05, 4.69) is 25.2 Å². The van der Waals surface area contributed by atoms with Gasteiger partial charge in [-0.05, 0) is 48.9 Å². The molecule has 2 heterocycles. The van der Waals surface area contributed by atoms with Crippen LogP contribution >= 0.6 is 0 Å². The standard InChI is InChI=1S/C17H13N7/c1-11-6-15(7-13(9-18)10-19)12(2)24(11)16-5-3-4-14(8-16)17-20-22-23-21-17/h3-8H,1-2H3,(H,20,21,22,23). The van der Waals surface area contributed by atoms with Crippen molar-refractivity contribution in [1.29, 1.82) is 10.5 Å². The van der Waals surface area contributed by atoms with Gasteiger partial charge in [-0.15, -0.1) is 10.2 Å². The molecular weight excluding hydrogens is 302 g/mol. The van der Waals surface area contributed by atoms with E-state index in [4.69, 9.17) is 10.5 Å². The van der Waals surface area contributed by atoms with Crippen LogP contribution in [-0.2, 0) is 0 Å². The second-order valence-electron chi connectivity index (χ2n) is 5.23. The normalized spacial score (nSPS) is 10.0. The Morgan fingerprint density at radius 1 is 1.21 bits per heavy atom. The molecule has 0 atom stereocenters. The Kier molecular flexibility index (Phi) is 3.92. The van der Waals surface area contributed by atoms with Crippen molar-refractivity contribution in [3.8, 4) is 29.2 Å². The van der Waals surface area contributed by atoms with Gasteiger partial charge >= 0.3 is 0 Å². The number of aromatic nitrogens is 5. The Balaban J connectivity index is 2.10. The molecule has 0 radical (unpaired) electrons. The van der Waals surface area contributed by atoms with Crippen molar-refractivity contribution < 1.29 is 0 Å². The van der Waals surface area contributed by atoms with Crippen molar-refractivity contribution >= 4 is 6.08 Å². The van der Waals surface area contributed by atoms with E-state index in [0.29, 0.717) is 5.82 Å². The number of nitrogens with one attached hydrogen (secondary N) is 1. The number of hydrogen-bond donors (Lipinski definition) is 1. The molecule has 116 valence electrons. The van der Waals surface area contributed by atoms with Gasteiger partial charge in [0.1, 0.15) is 17.7 Å². The van der Waals surface area contributed by atoms with E-state index in [1.54, 1.807) is 6.08 Å². The molecule has 0 bridgehead atoms. The number of benzene rings is 1. The van der Waals surface area contributed by atoms with Crippen LogP contribution in [0, 0.1) is 36.5 Å². The van der Waals surface area contributed by atoms with E-state index in [0.717, 1.165) is 28.2 Å². The van der Waals surface area contributed by atoms with Crippen LogP contribution in [0.3, 0.4) is 0 Å². The van der Waals surface area contributed by atoms with E-state index >= 15 is 0 Å². The maximum Gasteiger partial charge on any atom is 0.204 e. The highest BCUT2D eigenvalue weighted by atomic mass is 15.5. The monoisotopic (exact) mass is 315 g/mol. The molecule has 3 rings (SSSR count). The number of tetrazole rings is 1. The second-order valence-corrected chi connectivity index (χ2v) is 5.23. The molecule has 24 heavy (non-hydrogen) atoms. The van der Waals surface area contributed by atoms with Gasteiger partial charge in [-0.25, -0.2) is 0 Å². The minimum atomic E-state index is 0.0794. The van der Waals surface area contributed by atoms with Gasteiger partial charge < -0.3 is 4.57 Å². The van der Waals surface area contributed by atoms with Crippen LogP contribution < -0.4 is 0 Å². The first-order valence-electron chi connectivity index (χ1n) is 7.19. The van der Waals surface area contributed by atoms with Gasteiger partial charge in [0.25, 0.3) is 0 Å². The Hall–Kier alpha value is -3.71. The quantitative estimate of drug-likeness (QED) is 0.748. The Labute approximate surface area is 138 Å². The highest BCUT2D eigenvalue weighted by Crippen LogP contribution is 2.25. The molecule has 0 aliphatic carbocycles. The van der Waals surface area contributed by atoms with Gasteiger partial charge in [0.15, 0.2) is 0 Å². The molecule has 0 aliphatic rings. The third-order valence-electron chi connectivity index (χ3n) is 3.72. The first-order chi connectivity index (χ1) is 11.6. The largest absolute Gasteiger partial charge is 0.318 e. The molecule has 7 heteroatoms. The summed E-state index contributed by atoms with van der Waals surface area (Å²) in [4.78, 5) is 0. The van der Waals surface area contributed by atoms with Crippen LogP contribution in [0.1, 0.15) is 17.0 Å². The van der Waals surface area contributed by atoms with Crippen LogP contribution in [0.2, 0.25) is 0 Å². The molecule has 0 aliphatic heterocycles. The van der Waals surface area contributed by atoms with E-state index in [-0.39, 0.29) is 5.57 Å². The van der Waals surface area contributed by atoms with Crippen LogP contribution in [0.5, 0.6) is 0 Å². The third kappa shape index (κ3) is 2.67. The first-order valence-corrected chi connectivity index (χ1v) is 7.19. The minimum absolute atomic E-state index is 0.0794. The van der Waals surface area contributed by atoms with Crippen molar-refractivity contribution in [2.24, 2.45) is 0 Å². The fourth-order valence-corrected chi connectivity index (χ4v) is 2.64. The number of nitriles is 2. The third-order valence-corrected chi connectivity index (χ3v) is 3.72. The minimum Gasteiger partial charge on any atom is -0.318 e. The average molecular weight is 315 g/mol. The Morgan fingerprint density at radius 2 is 2.00 bits per heavy atom. The van der Waals surface area contributed by atoms with Gasteiger partial charge in [0, 0.05) is 22.6 Å². The van der Waals surface area contributed by atoms with Gasteiger partial charge in [-0.3, -0.25) is 0 Å². The molecule has 1 aromatic carbocycles. The number of hydrogen-bond acceptors (Lipinski definition) is 5. The molecule has 0 saturated heterocycles. The summed E-state index contributed by atoms with van der Waals surface area (Å²) in [7, 11) is 0. The van der Waals surface area contributed by atoms with Crippen LogP contribution in [0.4, 0.5) is 0 Å². The lowest BCUT2D eigenvalue weighted by atomic mass is 10.1. The van der Waals surface area contributed by atoms with Crippen molar-refractivity contribution in [3.63, 3.8) is 0 Å². The lowest BCUT2D eigenvalue weighted by Crippen LogP contribution is -1.99. The summed E-state index contributed by atoms with van der Waals surface area (Å²) in [6.07, 6.45) is 1.60. The zero-order valence-electron chi connectivity index (χ0n) is 13.1. The van der Waals surface area contributed by atoms with E-state index in [9.17, 15) is 0 Å². The van der Waals surface area contributed by atoms with Crippen LogP contribution in [-0.4, -0.2) is 25.2 Å². The average Bonchev–Trinajstić information content (AvgIpc) is 3.21. The predicted molar refractivity (Wildman–Crippen MR) is 87.6 cm³/mol. The molecule has 1 N–H and O–H groups in total. The molecule has 0 saturated carbocycles. The van der Waals surface area contributed by atoms with Gasteiger partial charge in [0.2, 0.25) is 5.82 Å². The summed E-state index contributed by atoms with van der Waals surface area (Å²) in [6, 6.07) is 13.5. The van der Waals surface area contributed by atoms with Gasteiger partial charge in [0.05, 0.1) is 0 Å². The smallest absolute Gasteiger partial charge is 0.204 e. The Bertz CT molecular complexity index is 979. The second kappa shape index (κ2) is 6.19. The van der Waals surface area contributed by atoms with Crippen molar-refractivity contribution in [2.75, 3.05) is 0 Å². The summed E-state index contributed by atoms with van der Waals surface area (Å²) >= 11 is 0. The highest BCUT2D eigenvalue weighted by Gasteiger charge is 2.12. The van der Waals surface area contributed by atoms with Crippen molar-refractivity contribution in [1.82, 2.24) is 25.2 Å². The zero-order chi connectivity index (χ0) is 17.1. The summed E-state index contributed by atoms with van der Waals surface area (Å²) in [5.74, 6) is 0.524. The number of H-pyrrole nitrogens is 1. The van der Waals surface area contributed by atoms with Gasteiger partial charge in [-0.2, -0.15) is 15.7 Å². The predicted octanol–water partition coefficient (Wildman–Crippen LogP) is 2.70. The number of allylic oxidation sites excluding steroid dienone is 1. The molecule has 0 unspecified atom stereocenters. The fourth-order valence-electron chi connectivity index (χ4n) is 2.64. The van der Waals surface area contributed by atoms with E-state index in [1.807, 2.05) is 56.3 Å². The van der Waals surface area contributed by atoms with E-state index < -0.39 is 0 Å². The summed E-state index contributed by atoms with van der Waals surface area (Å²) in [5.41, 5.74) is 4.66. The molecule has 0 fully saturated rings. The van der Waals surface area contributed by atoms with Crippen LogP contribution in [0.15, 0.2) is 35.9 Å². The zero-order valence-corrected chi connectivity index (χ0v) is 13.1. The lowest BCUT2D eigenvalue weighted by molar-refractivity contribution is 0.881. The first kappa shape index (κ1) is 15.2. The molecule has 0 amide bonds. The number of nitrogens with zero attached hydrogens (tertiary/aromatic N) is 6. The van der Waals surface area contributed by atoms with E-state index in [1.165, 1.54) is 0 Å². The SMILES string of the molecule is Cc1cc(C=C(C#N)C#N)c(C)n1-c1cccc(-c2nn[nH]n2)c1. The summed E-state index contributed by atoms with van der Waals surface area (Å²) in [5, 5.41) is 31.9. The fraction of sp³-hybridized carbons (Fsp3) is 0.118. The number of aromatic amines is 1.